The van der Waals surface area contributed by atoms with Crippen molar-refractivity contribution in [2.24, 2.45) is 0 Å². The van der Waals surface area contributed by atoms with Crippen LogP contribution < -0.4 is 5.32 Å². The molecule has 2 aromatic heterocycles. The summed E-state index contributed by atoms with van der Waals surface area (Å²) in [7, 11) is 0. The molecule has 0 bridgehead atoms. The molecule has 0 radical (unpaired) electrons. The number of halogens is 3. The van der Waals surface area contributed by atoms with Crippen LogP contribution >= 0.6 is 11.8 Å². The molecule has 3 heterocycles. The second-order valence-electron chi connectivity index (χ2n) is 8.02. The highest BCUT2D eigenvalue weighted by Gasteiger charge is 2.33. The minimum Gasteiger partial charge on any atom is -0.343 e. The molecule has 1 aliphatic heterocycles. The molecular weight excluding hydrogens is 479 g/mol. The van der Waals surface area contributed by atoms with Crippen LogP contribution in [0.4, 0.5) is 13.2 Å². The number of aromatic nitrogens is 2. The third-order valence-corrected chi connectivity index (χ3v) is 6.85. The zero-order valence-corrected chi connectivity index (χ0v) is 19.4. The smallest absolute Gasteiger partial charge is 0.343 e. The van der Waals surface area contributed by atoms with Crippen LogP contribution in [-0.4, -0.2) is 50.9 Å². The second kappa shape index (κ2) is 9.92. The Hall–Kier alpha value is -3.65. The topological polar surface area (TPSA) is 99.0 Å². The number of carbonyl (C=O) groups is 2. The van der Waals surface area contributed by atoms with E-state index in [2.05, 4.69) is 21.4 Å². The molecule has 11 heteroatoms. The highest BCUT2D eigenvalue weighted by Crippen LogP contribution is 2.32. The molecule has 0 saturated carbocycles. The number of alkyl halides is 3. The number of pyridine rings is 2. The van der Waals surface area contributed by atoms with E-state index in [9.17, 15) is 22.8 Å². The van der Waals surface area contributed by atoms with Gasteiger partial charge >= 0.3 is 6.18 Å². The predicted molar refractivity (Wildman–Crippen MR) is 124 cm³/mol. The molecule has 1 aromatic carbocycles. The first-order valence-electron chi connectivity index (χ1n) is 10.7. The van der Waals surface area contributed by atoms with Crippen molar-refractivity contribution in [3.8, 4) is 6.07 Å². The predicted octanol–water partition coefficient (Wildman–Crippen LogP) is 3.96. The fraction of sp³-hybridized carbons (Fsp3) is 0.292. The number of fused-ring (bicyclic) bond motifs is 1. The molecule has 7 nitrogen and oxygen atoms in total. The van der Waals surface area contributed by atoms with Crippen LogP contribution in [0, 0.1) is 11.3 Å². The van der Waals surface area contributed by atoms with E-state index in [0.29, 0.717) is 33.7 Å². The van der Waals surface area contributed by atoms with Gasteiger partial charge in [-0.3, -0.25) is 19.6 Å². The maximum absolute atomic E-state index is 13.1. The summed E-state index contributed by atoms with van der Waals surface area (Å²) in [4.78, 5) is 34.5. The van der Waals surface area contributed by atoms with Gasteiger partial charge < -0.3 is 10.2 Å². The molecule has 1 saturated heterocycles. The number of amides is 2. The molecule has 0 unspecified atom stereocenters. The summed E-state index contributed by atoms with van der Waals surface area (Å²) in [6.07, 6.45) is -1.95. The zero-order valence-electron chi connectivity index (χ0n) is 18.5. The molecule has 1 aliphatic rings. The van der Waals surface area contributed by atoms with E-state index in [1.165, 1.54) is 35.0 Å². The SMILES string of the molecule is C[C@@H](c1ccnc(C(F)(F)F)c1)c1ccc2nccc(C(=O)NCC(=O)N3CSC[C@H]3C#N)c2c1. The summed E-state index contributed by atoms with van der Waals surface area (Å²) < 4.78 is 39.3. The van der Waals surface area contributed by atoms with Crippen LogP contribution in [0.3, 0.4) is 0 Å². The standard InChI is InChI=1S/C24H20F3N5O2S/c1-14(16-4-6-30-21(9-16)24(25,26)27)15-2-3-20-19(8-15)18(5-7-29-20)23(34)31-11-22(33)32-13-35-12-17(32)10-28/h2-9,14,17H,11-13H2,1H3,(H,31,34)/t14-,17-/m1/s1. The Kier molecular flexibility index (Phi) is 6.93. The summed E-state index contributed by atoms with van der Waals surface area (Å²) in [6, 6.07) is 10.8. The van der Waals surface area contributed by atoms with Gasteiger partial charge in [0.2, 0.25) is 5.91 Å². The number of hydrogen-bond acceptors (Lipinski definition) is 6. The van der Waals surface area contributed by atoms with Gasteiger partial charge in [-0.2, -0.15) is 18.4 Å². The van der Waals surface area contributed by atoms with Crippen molar-refractivity contribution in [2.75, 3.05) is 18.2 Å². The first kappa shape index (κ1) is 24.5. The van der Waals surface area contributed by atoms with Gasteiger partial charge in [-0.15, -0.1) is 11.8 Å². The normalized spacial score (nSPS) is 16.7. The minimum absolute atomic E-state index is 0.255. The molecule has 2 amide bonds. The fourth-order valence-corrected chi connectivity index (χ4v) is 4.95. The summed E-state index contributed by atoms with van der Waals surface area (Å²) in [5, 5.41) is 12.3. The van der Waals surface area contributed by atoms with Gasteiger partial charge in [0.15, 0.2) is 0 Å². The molecule has 35 heavy (non-hydrogen) atoms. The van der Waals surface area contributed by atoms with Gasteiger partial charge in [0.25, 0.3) is 5.91 Å². The lowest BCUT2D eigenvalue weighted by atomic mass is 9.91. The molecule has 2 atom stereocenters. The average molecular weight is 500 g/mol. The van der Waals surface area contributed by atoms with Crippen LogP contribution in [0.1, 0.15) is 40.0 Å². The second-order valence-corrected chi connectivity index (χ2v) is 9.02. The van der Waals surface area contributed by atoms with Crippen molar-refractivity contribution in [2.45, 2.75) is 25.1 Å². The molecule has 0 aliphatic carbocycles. The number of carbonyl (C=O) groups excluding carboxylic acids is 2. The van der Waals surface area contributed by atoms with E-state index in [4.69, 9.17) is 5.26 Å². The fourth-order valence-electron chi connectivity index (χ4n) is 3.84. The molecule has 180 valence electrons. The highest BCUT2D eigenvalue weighted by molar-refractivity contribution is 7.99. The number of hydrogen-bond donors (Lipinski definition) is 1. The van der Waals surface area contributed by atoms with Crippen LogP contribution in [0.2, 0.25) is 0 Å². The summed E-state index contributed by atoms with van der Waals surface area (Å²) >= 11 is 1.48. The Balaban J connectivity index is 1.57. The molecule has 3 aromatic rings. The third kappa shape index (κ3) is 5.22. The summed E-state index contributed by atoms with van der Waals surface area (Å²) in [6.45, 7) is 1.51. The van der Waals surface area contributed by atoms with Gasteiger partial charge in [-0.25, -0.2) is 0 Å². The van der Waals surface area contributed by atoms with Crippen molar-refractivity contribution in [1.82, 2.24) is 20.2 Å². The molecule has 1 N–H and O–H groups in total. The Morgan fingerprint density at radius 2 is 1.94 bits per heavy atom. The first-order chi connectivity index (χ1) is 16.7. The van der Waals surface area contributed by atoms with E-state index in [1.807, 2.05) is 0 Å². The number of benzene rings is 1. The Morgan fingerprint density at radius 1 is 1.20 bits per heavy atom. The van der Waals surface area contributed by atoms with Crippen LogP contribution in [0.5, 0.6) is 0 Å². The van der Waals surface area contributed by atoms with Gasteiger partial charge in [0, 0.05) is 29.5 Å². The monoisotopic (exact) mass is 499 g/mol. The lowest BCUT2D eigenvalue weighted by Gasteiger charge is -2.19. The molecule has 0 spiro atoms. The number of thioether (sulfide) groups is 1. The van der Waals surface area contributed by atoms with Gasteiger partial charge in [0.1, 0.15) is 11.7 Å². The van der Waals surface area contributed by atoms with Gasteiger partial charge in [-0.1, -0.05) is 13.0 Å². The maximum atomic E-state index is 13.1. The Bertz CT molecular complexity index is 1320. The number of rotatable bonds is 5. The van der Waals surface area contributed by atoms with Crippen LogP contribution in [0.15, 0.2) is 48.8 Å². The lowest BCUT2D eigenvalue weighted by Crippen LogP contribution is -2.42. The van der Waals surface area contributed by atoms with E-state index in [-0.39, 0.29) is 18.0 Å². The highest BCUT2D eigenvalue weighted by atomic mass is 32.2. The molecular formula is C24H20F3N5O2S. The largest absolute Gasteiger partial charge is 0.433 e. The number of nitrogens with one attached hydrogen (secondary N) is 1. The maximum Gasteiger partial charge on any atom is 0.433 e. The van der Waals surface area contributed by atoms with Gasteiger partial charge in [0.05, 0.1) is 29.6 Å². The molecule has 1 fully saturated rings. The van der Waals surface area contributed by atoms with Crippen LogP contribution in [0.25, 0.3) is 10.9 Å². The van der Waals surface area contributed by atoms with Crippen molar-refractivity contribution < 1.29 is 22.8 Å². The number of nitrogens with zero attached hydrogens (tertiary/aromatic N) is 4. The average Bonchev–Trinajstić information content (AvgIpc) is 3.34. The van der Waals surface area contributed by atoms with E-state index >= 15 is 0 Å². The van der Waals surface area contributed by atoms with E-state index in [1.54, 1.807) is 25.1 Å². The molecule has 4 rings (SSSR count). The van der Waals surface area contributed by atoms with Crippen molar-refractivity contribution in [3.05, 3.63) is 71.2 Å². The quantitative estimate of drug-likeness (QED) is 0.571. The Morgan fingerprint density at radius 3 is 2.69 bits per heavy atom. The lowest BCUT2D eigenvalue weighted by molar-refractivity contribution is -0.141. The number of nitriles is 1. The minimum atomic E-state index is -4.55. The van der Waals surface area contributed by atoms with Crippen molar-refractivity contribution in [1.29, 1.82) is 5.26 Å². The summed E-state index contributed by atoms with van der Waals surface area (Å²) in [5.74, 6) is -0.303. The van der Waals surface area contributed by atoms with Crippen LogP contribution in [-0.2, 0) is 11.0 Å². The van der Waals surface area contributed by atoms with E-state index < -0.39 is 29.7 Å². The van der Waals surface area contributed by atoms with Crippen molar-refractivity contribution in [3.63, 3.8) is 0 Å². The zero-order chi connectivity index (χ0) is 25.2. The van der Waals surface area contributed by atoms with E-state index in [0.717, 1.165) is 12.3 Å². The first-order valence-corrected chi connectivity index (χ1v) is 11.8. The third-order valence-electron chi connectivity index (χ3n) is 5.84. The van der Waals surface area contributed by atoms with Crippen molar-refractivity contribution >= 4 is 34.5 Å². The summed E-state index contributed by atoms with van der Waals surface area (Å²) in [5.41, 5.74) is 0.981. The Labute approximate surface area is 203 Å². The van der Waals surface area contributed by atoms with Gasteiger partial charge in [-0.05, 0) is 41.5 Å².